The Bertz CT molecular complexity index is 1140. The molecule has 2 aliphatic rings. The molecule has 0 spiro atoms. The maximum absolute atomic E-state index is 13.0. The number of amidine groups is 1. The lowest BCUT2D eigenvalue weighted by Gasteiger charge is -2.30. The van der Waals surface area contributed by atoms with Crippen LogP contribution < -0.4 is 14.2 Å². The maximum Gasteiger partial charge on any atom is 0.263 e. The molecular formula is C21H23N3O5S. The van der Waals surface area contributed by atoms with E-state index >= 15 is 0 Å². The molecule has 2 aromatic carbocycles. The van der Waals surface area contributed by atoms with Gasteiger partial charge in [-0.2, -0.15) is 0 Å². The van der Waals surface area contributed by atoms with E-state index in [4.69, 9.17) is 9.47 Å². The van der Waals surface area contributed by atoms with Gasteiger partial charge in [-0.15, -0.1) is 0 Å². The number of fused-ring (bicyclic) bond motifs is 2. The first-order valence-corrected chi connectivity index (χ1v) is 11.0. The van der Waals surface area contributed by atoms with Crippen LogP contribution in [0.3, 0.4) is 0 Å². The Labute approximate surface area is 175 Å². The molecule has 0 unspecified atom stereocenters. The van der Waals surface area contributed by atoms with Crippen LogP contribution in [0.15, 0.2) is 46.3 Å². The number of aliphatic imine (C=N–C) groups is 1. The van der Waals surface area contributed by atoms with Gasteiger partial charge < -0.3 is 14.4 Å². The van der Waals surface area contributed by atoms with Gasteiger partial charge in [0.05, 0.1) is 19.1 Å². The summed E-state index contributed by atoms with van der Waals surface area (Å²) in [4.78, 5) is 19.3. The Kier molecular flexibility index (Phi) is 5.15. The molecule has 0 fully saturated rings. The zero-order valence-corrected chi connectivity index (χ0v) is 17.8. The maximum atomic E-state index is 13.0. The van der Waals surface area contributed by atoms with E-state index in [0.29, 0.717) is 36.6 Å². The van der Waals surface area contributed by atoms with Crippen molar-refractivity contribution < 1.29 is 22.7 Å². The summed E-state index contributed by atoms with van der Waals surface area (Å²) in [6, 6.07) is 9.72. The molecule has 1 atom stereocenters. The van der Waals surface area contributed by atoms with Crippen LogP contribution in [0.1, 0.15) is 23.6 Å². The van der Waals surface area contributed by atoms with E-state index in [2.05, 4.69) is 9.71 Å². The number of carbonyl (C=O) groups excluding carboxylic acids is 1. The topological polar surface area (TPSA) is 97.3 Å². The number of amides is 1. The van der Waals surface area contributed by atoms with Crippen molar-refractivity contribution in [1.29, 1.82) is 0 Å². The molecular weight excluding hydrogens is 406 g/mol. The Hall–Kier alpha value is -3.07. The number of ether oxygens (including phenoxy) is 2. The predicted octanol–water partition coefficient (Wildman–Crippen LogP) is 1.72. The lowest BCUT2D eigenvalue weighted by Crippen LogP contribution is -2.41. The largest absolute Gasteiger partial charge is 0.493 e. The second-order valence-corrected chi connectivity index (χ2v) is 8.89. The molecule has 0 aliphatic carbocycles. The third kappa shape index (κ3) is 3.49. The van der Waals surface area contributed by atoms with E-state index < -0.39 is 16.1 Å². The van der Waals surface area contributed by atoms with Crippen molar-refractivity contribution in [1.82, 2.24) is 9.62 Å². The summed E-state index contributed by atoms with van der Waals surface area (Å²) in [5.41, 5.74) is 2.60. The number of hydrogen-bond donors (Lipinski definition) is 1. The van der Waals surface area contributed by atoms with E-state index in [0.717, 1.165) is 11.1 Å². The number of sulfonamides is 1. The highest BCUT2D eigenvalue weighted by Crippen LogP contribution is 2.33. The van der Waals surface area contributed by atoms with E-state index in [1.165, 1.54) is 6.07 Å². The molecule has 2 heterocycles. The number of methoxy groups -OCH3 is 2. The van der Waals surface area contributed by atoms with Crippen molar-refractivity contribution >= 4 is 21.8 Å². The fourth-order valence-electron chi connectivity index (χ4n) is 3.81. The van der Waals surface area contributed by atoms with Gasteiger partial charge >= 0.3 is 0 Å². The van der Waals surface area contributed by atoms with E-state index in [1.54, 1.807) is 44.2 Å². The van der Waals surface area contributed by atoms with Crippen LogP contribution >= 0.6 is 0 Å². The standard InChI is InChI=1S/C21H23N3O5S/c1-13(22-20-16-6-4-5-7-19(16)30(26,27)23-20)21(25)24-9-8-14-10-17(28-2)18(29-3)11-15(14)12-24/h4-7,10-11,13H,8-9,12H2,1-3H3,(H,22,23)/t13-/m0/s1. The van der Waals surface area contributed by atoms with Gasteiger partial charge in [0.15, 0.2) is 11.5 Å². The molecule has 2 aliphatic heterocycles. The normalized spacial score (nSPS) is 18.9. The van der Waals surface area contributed by atoms with E-state index in [-0.39, 0.29) is 16.6 Å². The summed E-state index contributed by atoms with van der Waals surface area (Å²) in [7, 11) is -0.462. The molecule has 2 aromatic rings. The lowest BCUT2D eigenvalue weighted by molar-refractivity contribution is -0.133. The molecule has 4 rings (SSSR count). The van der Waals surface area contributed by atoms with Crippen LogP contribution in [-0.2, 0) is 27.8 Å². The summed E-state index contributed by atoms with van der Waals surface area (Å²) in [5.74, 6) is 1.33. The van der Waals surface area contributed by atoms with E-state index in [1.807, 2.05) is 12.1 Å². The Morgan fingerprint density at radius 2 is 1.80 bits per heavy atom. The number of nitrogens with zero attached hydrogens (tertiary/aromatic N) is 2. The summed E-state index contributed by atoms with van der Waals surface area (Å²) in [6.45, 7) is 2.67. The summed E-state index contributed by atoms with van der Waals surface area (Å²) >= 11 is 0. The highest BCUT2D eigenvalue weighted by Gasteiger charge is 2.32. The van der Waals surface area contributed by atoms with Crippen LogP contribution in [0.5, 0.6) is 11.5 Å². The predicted molar refractivity (Wildman–Crippen MR) is 111 cm³/mol. The summed E-state index contributed by atoms with van der Waals surface area (Å²) < 4.78 is 37.7. The molecule has 8 nitrogen and oxygen atoms in total. The monoisotopic (exact) mass is 429 g/mol. The minimum Gasteiger partial charge on any atom is -0.493 e. The molecule has 1 amide bonds. The minimum atomic E-state index is -3.64. The van der Waals surface area contributed by atoms with Crippen molar-refractivity contribution in [3.8, 4) is 11.5 Å². The number of nitrogens with one attached hydrogen (secondary N) is 1. The van der Waals surface area contributed by atoms with Crippen LogP contribution in [0.25, 0.3) is 0 Å². The molecule has 30 heavy (non-hydrogen) atoms. The van der Waals surface area contributed by atoms with Gasteiger partial charge in [-0.3, -0.25) is 14.5 Å². The first-order valence-electron chi connectivity index (χ1n) is 9.56. The van der Waals surface area contributed by atoms with Crippen LogP contribution in [-0.4, -0.2) is 51.9 Å². The van der Waals surface area contributed by atoms with Crippen LogP contribution in [0.4, 0.5) is 0 Å². The lowest BCUT2D eigenvalue weighted by atomic mass is 9.98. The smallest absolute Gasteiger partial charge is 0.263 e. The number of carbonyl (C=O) groups is 1. The van der Waals surface area contributed by atoms with Gasteiger partial charge in [0.1, 0.15) is 11.9 Å². The van der Waals surface area contributed by atoms with Crippen molar-refractivity contribution in [2.75, 3.05) is 20.8 Å². The molecule has 0 radical (unpaired) electrons. The fourth-order valence-corrected chi connectivity index (χ4v) is 5.05. The quantitative estimate of drug-likeness (QED) is 0.798. The first-order chi connectivity index (χ1) is 14.3. The van der Waals surface area contributed by atoms with Crippen molar-refractivity contribution in [3.05, 3.63) is 53.1 Å². The first kappa shape index (κ1) is 20.2. The second-order valence-electron chi connectivity index (χ2n) is 7.24. The van der Waals surface area contributed by atoms with Crippen molar-refractivity contribution in [2.24, 2.45) is 4.99 Å². The average molecular weight is 429 g/mol. The highest BCUT2D eigenvalue weighted by atomic mass is 32.2. The molecule has 0 bridgehead atoms. The average Bonchev–Trinajstić information content (AvgIpc) is 3.01. The van der Waals surface area contributed by atoms with Gasteiger partial charge in [-0.05, 0) is 48.7 Å². The van der Waals surface area contributed by atoms with Crippen molar-refractivity contribution in [3.63, 3.8) is 0 Å². The summed E-state index contributed by atoms with van der Waals surface area (Å²) in [5, 5.41) is 0. The molecule has 9 heteroatoms. The zero-order valence-electron chi connectivity index (χ0n) is 17.0. The van der Waals surface area contributed by atoms with Gasteiger partial charge in [-0.25, -0.2) is 8.42 Å². The Balaban J connectivity index is 1.56. The number of rotatable bonds is 4. The Morgan fingerprint density at radius 3 is 2.50 bits per heavy atom. The third-order valence-corrected chi connectivity index (χ3v) is 6.77. The van der Waals surface area contributed by atoms with Gasteiger partial charge in [0, 0.05) is 18.7 Å². The van der Waals surface area contributed by atoms with Gasteiger partial charge in [0.25, 0.3) is 10.0 Å². The third-order valence-electron chi connectivity index (χ3n) is 5.37. The van der Waals surface area contributed by atoms with E-state index in [9.17, 15) is 13.2 Å². The Morgan fingerprint density at radius 1 is 1.13 bits per heavy atom. The number of hydrogen-bond acceptors (Lipinski definition) is 6. The van der Waals surface area contributed by atoms with Crippen LogP contribution in [0, 0.1) is 0 Å². The fraction of sp³-hybridized carbons (Fsp3) is 0.333. The van der Waals surface area contributed by atoms with Gasteiger partial charge in [0.2, 0.25) is 5.91 Å². The van der Waals surface area contributed by atoms with Crippen LogP contribution in [0.2, 0.25) is 0 Å². The van der Waals surface area contributed by atoms with Gasteiger partial charge in [-0.1, -0.05) is 12.1 Å². The minimum absolute atomic E-state index is 0.161. The second kappa shape index (κ2) is 7.64. The summed E-state index contributed by atoms with van der Waals surface area (Å²) in [6.07, 6.45) is 0.695. The highest BCUT2D eigenvalue weighted by molar-refractivity contribution is 7.90. The molecule has 0 aromatic heterocycles. The molecule has 1 N–H and O–H groups in total. The number of benzene rings is 2. The molecule has 0 saturated heterocycles. The SMILES string of the molecule is COc1cc2c(cc1OC)CN(C(=O)[C@H](C)N=C1NS(=O)(=O)c3ccccc31)CC2. The molecule has 0 saturated carbocycles. The zero-order chi connectivity index (χ0) is 21.5. The van der Waals surface area contributed by atoms with Crippen molar-refractivity contribution in [2.45, 2.75) is 30.8 Å². The molecule has 158 valence electrons.